The van der Waals surface area contributed by atoms with Gasteiger partial charge in [-0.2, -0.15) is 0 Å². The van der Waals surface area contributed by atoms with Crippen LogP contribution in [-0.4, -0.2) is 30.6 Å². The summed E-state index contributed by atoms with van der Waals surface area (Å²) in [5, 5.41) is 3.23. The van der Waals surface area contributed by atoms with Crippen LogP contribution in [0.25, 0.3) is 0 Å². The van der Waals surface area contributed by atoms with Crippen molar-refractivity contribution in [2.45, 2.75) is 32.7 Å². The van der Waals surface area contributed by atoms with E-state index in [0.717, 1.165) is 30.0 Å². The van der Waals surface area contributed by atoms with Gasteiger partial charge in [0, 0.05) is 13.1 Å². The summed E-state index contributed by atoms with van der Waals surface area (Å²) in [7, 11) is 0. The van der Waals surface area contributed by atoms with Crippen LogP contribution in [0.15, 0.2) is 54.6 Å². The van der Waals surface area contributed by atoms with Crippen LogP contribution in [0, 0.1) is 5.92 Å². The monoisotopic (exact) mass is 352 g/mol. The van der Waals surface area contributed by atoms with E-state index in [1.54, 1.807) is 0 Å². The summed E-state index contributed by atoms with van der Waals surface area (Å²) >= 11 is 0. The SMILES string of the molecule is CCOc1ccc(C(NC(=O)N(CC)CC2CC2)c2ccccc2)cc1. The molecule has 4 nitrogen and oxygen atoms in total. The lowest BCUT2D eigenvalue weighted by atomic mass is 9.98. The van der Waals surface area contributed by atoms with Crippen LogP contribution in [0.5, 0.6) is 5.75 Å². The average molecular weight is 352 g/mol. The van der Waals surface area contributed by atoms with E-state index in [9.17, 15) is 4.79 Å². The van der Waals surface area contributed by atoms with Crippen molar-refractivity contribution in [2.75, 3.05) is 19.7 Å². The number of carbonyl (C=O) groups excluding carboxylic acids is 1. The molecule has 1 unspecified atom stereocenters. The number of rotatable bonds is 8. The first-order chi connectivity index (χ1) is 12.7. The highest BCUT2D eigenvalue weighted by atomic mass is 16.5. The second kappa shape index (κ2) is 8.75. The number of carbonyl (C=O) groups is 1. The first-order valence-corrected chi connectivity index (χ1v) is 9.54. The Morgan fingerprint density at radius 1 is 1.08 bits per heavy atom. The molecule has 1 atom stereocenters. The highest BCUT2D eigenvalue weighted by Gasteiger charge is 2.27. The minimum Gasteiger partial charge on any atom is -0.494 e. The van der Waals surface area contributed by atoms with Gasteiger partial charge < -0.3 is 15.0 Å². The normalized spacial score (nSPS) is 14.5. The summed E-state index contributed by atoms with van der Waals surface area (Å²) in [6, 6.07) is 17.9. The first kappa shape index (κ1) is 18.3. The molecule has 1 N–H and O–H groups in total. The lowest BCUT2D eigenvalue weighted by Gasteiger charge is -2.26. The van der Waals surface area contributed by atoms with E-state index in [1.807, 2.05) is 61.2 Å². The average Bonchev–Trinajstić information content (AvgIpc) is 3.50. The molecule has 1 fully saturated rings. The molecule has 0 saturated heterocycles. The highest BCUT2D eigenvalue weighted by Crippen LogP contribution is 2.30. The molecule has 1 saturated carbocycles. The zero-order chi connectivity index (χ0) is 18.4. The smallest absolute Gasteiger partial charge is 0.318 e. The number of ether oxygens (including phenoxy) is 1. The Morgan fingerprint density at radius 3 is 2.31 bits per heavy atom. The van der Waals surface area contributed by atoms with Crippen molar-refractivity contribution < 1.29 is 9.53 Å². The summed E-state index contributed by atoms with van der Waals surface area (Å²) < 4.78 is 5.54. The van der Waals surface area contributed by atoms with Crippen LogP contribution in [0.1, 0.15) is 43.9 Å². The number of urea groups is 1. The third-order valence-electron chi connectivity index (χ3n) is 4.77. The molecule has 3 rings (SSSR count). The quantitative estimate of drug-likeness (QED) is 0.753. The van der Waals surface area contributed by atoms with E-state index in [4.69, 9.17) is 4.74 Å². The number of hydrogen-bond acceptors (Lipinski definition) is 2. The van der Waals surface area contributed by atoms with E-state index in [1.165, 1.54) is 12.8 Å². The molecular weight excluding hydrogens is 324 g/mol. The molecule has 2 amide bonds. The maximum atomic E-state index is 12.9. The molecule has 0 spiro atoms. The summed E-state index contributed by atoms with van der Waals surface area (Å²) in [6.45, 7) is 6.24. The van der Waals surface area contributed by atoms with Crippen LogP contribution in [0.2, 0.25) is 0 Å². The predicted octanol–water partition coefficient (Wildman–Crippen LogP) is 4.62. The molecule has 2 aromatic rings. The second-order valence-electron chi connectivity index (χ2n) is 6.78. The molecule has 26 heavy (non-hydrogen) atoms. The van der Waals surface area contributed by atoms with Crippen LogP contribution >= 0.6 is 0 Å². The fourth-order valence-electron chi connectivity index (χ4n) is 3.11. The Labute approximate surface area is 156 Å². The lowest BCUT2D eigenvalue weighted by Crippen LogP contribution is -2.42. The van der Waals surface area contributed by atoms with Crippen molar-refractivity contribution in [1.29, 1.82) is 0 Å². The van der Waals surface area contributed by atoms with Gasteiger partial charge in [-0.15, -0.1) is 0 Å². The van der Waals surface area contributed by atoms with E-state index >= 15 is 0 Å². The number of hydrogen-bond donors (Lipinski definition) is 1. The van der Waals surface area contributed by atoms with E-state index in [2.05, 4.69) is 17.4 Å². The Morgan fingerprint density at radius 2 is 1.73 bits per heavy atom. The van der Waals surface area contributed by atoms with Gasteiger partial charge in [0.25, 0.3) is 0 Å². The molecule has 1 aliphatic rings. The van der Waals surface area contributed by atoms with Crippen molar-refractivity contribution in [1.82, 2.24) is 10.2 Å². The zero-order valence-electron chi connectivity index (χ0n) is 15.7. The second-order valence-corrected chi connectivity index (χ2v) is 6.78. The molecule has 0 aliphatic heterocycles. The van der Waals surface area contributed by atoms with Crippen molar-refractivity contribution in [2.24, 2.45) is 5.92 Å². The Balaban J connectivity index is 1.80. The van der Waals surface area contributed by atoms with Gasteiger partial charge in [-0.25, -0.2) is 4.79 Å². The van der Waals surface area contributed by atoms with Crippen LogP contribution in [0.4, 0.5) is 4.79 Å². The third-order valence-corrected chi connectivity index (χ3v) is 4.77. The van der Waals surface area contributed by atoms with Crippen molar-refractivity contribution in [3.8, 4) is 5.75 Å². The Hall–Kier alpha value is -2.49. The highest BCUT2D eigenvalue weighted by molar-refractivity contribution is 5.75. The minimum absolute atomic E-state index is 0.00198. The molecule has 0 aromatic heterocycles. The largest absolute Gasteiger partial charge is 0.494 e. The van der Waals surface area contributed by atoms with Gasteiger partial charge >= 0.3 is 6.03 Å². The standard InChI is InChI=1S/C22H28N2O2/c1-3-24(16-17-10-11-17)22(25)23-21(18-8-6-5-7-9-18)19-12-14-20(15-13-19)26-4-2/h5-9,12-15,17,21H,3-4,10-11,16H2,1-2H3,(H,23,25). The topological polar surface area (TPSA) is 41.6 Å². The molecule has 4 heteroatoms. The summed E-state index contributed by atoms with van der Waals surface area (Å²) in [6.07, 6.45) is 2.48. The number of nitrogens with zero attached hydrogens (tertiary/aromatic N) is 1. The van der Waals surface area contributed by atoms with Crippen molar-refractivity contribution in [3.63, 3.8) is 0 Å². The maximum Gasteiger partial charge on any atom is 0.318 e. The van der Waals surface area contributed by atoms with Gasteiger partial charge in [-0.3, -0.25) is 0 Å². The van der Waals surface area contributed by atoms with Crippen LogP contribution in [-0.2, 0) is 0 Å². The van der Waals surface area contributed by atoms with Crippen LogP contribution < -0.4 is 10.1 Å². The van der Waals surface area contributed by atoms with Gasteiger partial charge in [0.05, 0.1) is 12.6 Å². The van der Waals surface area contributed by atoms with Gasteiger partial charge in [-0.1, -0.05) is 42.5 Å². The van der Waals surface area contributed by atoms with E-state index in [-0.39, 0.29) is 12.1 Å². The molecule has 1 aliphatic carbocycles. The fraction of sp³-hybridized carbons (Fsp3) is 0.409. The molecule has 0 radical (unpaired) electrons. The maximum absolute atomic E-state index is 12.9. The zero-order valence-corrected chi connectivity index (χ0v) is 15.7. The molecular formula is C22H28N2O2. The van der Waals surface area contributed by atoms with Crippen molar-refractivity contribution in [3.05, 3.63) is 65.7 Å². The van der Waals surface area contributed by atoms with Crippen molar-refractivity contribution >= 4 is 6.03 Å². The van der Waals surface area contributed by atoms with Gasteiger partial charge in [0.2, 0.25) is 0 Å². The van der Waals surface area contributed by atoms with E-state index in [0.29, 0.717) is 12.5 Å². The number of benzene rings is 2. The summed E-state index contributed by atoms with van der Waals surface area (Å²) in [5.41, 5.74) is 2.13. The van der Waals surface area contributed by atoms with Crippen LogP contribution in [0.3, 0.4) is 0 Å². The lowest BCUT2D eigenvalue weighted by molar-refractivity contribution is 0.195. The van der Waals surface area contributed by atoms with Gasteiger partial charge in [-0.05, 0) is 55.9 Å². The third kappa shape index (κ3) is 4.78. The van der Waals surface area contributed by atoms with Gasteiger partial charge in [0.1, 0.15) is 5.75 Å². The Bertz CT molecular complexity index is 696. The molecule has 0 bridgehead atoms. The van der Waals surface area contributed by atoms with E-state index < -0.39 is 0 Å². The summed E-state index contributed by atoms with van der Waals surface area (Å²) in [4.78, 5) is 14.8. The number of nitrogens with one attached hydrogen (secondary N) is 1. The molecule has 0 heterocycles. The molecule has 2 aromatic carbocycles. The number of amides is 2. The minimum atomic E-state index is -0.173. The summed E-state index contributed by atoms with van der Waals surface area (Å²) in [5.74, 6) is 1.53. The van der Waals surface area contributed by atoms with Gasteiger partial charge in [0.15, 0.2) is 0 Å². The predicted molar refractivity (Wildman–Crippen MR) is 104 cm³/mol. The first-order valence-electron chi connectivity index (χ1n) is 9.54. The molecule has 138 valence electrons. The Kier molecular flexibility index (Phi) is 6.16. The fourth-order valence-corrected chi connectivity index (χ4v) is 3.11.